The van der Waals surface area contributed by atoms with Crippen LogP contribution in [0.2, 0.25) is 0 Å². The van der Waals surface area contributed by atoms with Gasteiger partial charge in [0.15, 0.2) is 10.3 Å². The smallest absolute Gasteiger partial charge is 0.267 e. The van der Waals surface area contributed by atoms with Gasteiger partial charge in [0.25, 0.3) is 11.8 Å². The Hall–Kier alpha value is -3.80. The number of thiazole rings is 2. The SMILES string of the molecule is O=C(CCCN1C(=O)/C(=C2\SC(=S)N(CCCC(=O)Nc3ncc(Cc4ccccc4)s3)C2=O)SC1=S)Nc1ncc(Cc2ccccc2)s1. The van der Waals surface area contributed by atoms with Crippen molar-refractivity contribution in [2.24, 2.45) is 0 Å². The minimum atomic E-state index is -0.374. The summed E-state index contributed by atoms with van der Waals surface area (Å²) in [4.78, 5) is 65.9. The van der Waals surface area contributed by atoms with E-state index in [2.05, 4.69) is 20.6 Å². The van der Waals surface area contributed by atoms with Crippen LogP contribution in [0.1, 0.15) is 46.6 Å². The summed E-state index contributed by atoms with van der Waals surface area (Å²) in [6.07, 6.45) is 6.11. The Balaban J connectivity index is 0.939. The van der Waals surface area contributed by atoms with E-state index >= 15 is 0 Å². The van der Waals surface area contributed by atoms with E-state index in [1.165, 1.54) is 43.6 Å². The minimum Gasteiger partial charge on any atom is -0.302 e. The monoisotopic (exact) mass is 778 g/mol. The number of nitrogens with one attached hydrogen (secondary N) is 2. The maximum absolute atomic E-state index is 13.3. The van der Waals surface area contributed by atoms with Crippen LogP contribution in [-0.4, -0.2) is 65.1 Å². The molecule has 4 heterocycles. The van der Waals surface area contributed by atoms with E-state index in [0.29, 0.717) is 31.7 Å². The van der Waals surface area contributed by atoms with Gasteiger partial charge in [0.05, 0.1) is 9.81 Å². The van der Waals surface area contributed by atoms with E-state index in [1.54, 1.807) is 12.4 Å². The van der Waals surface area contributed by atoms with E-state index in [9.17, 15) is 19.2 Å². The van der Waals surface area contributed by atoms with E-state index < -0.39 is 0 Å². The molecule has 16 heteroatoms. The van der Waals surface area contributed by atoms with Crippen molar-refractivity contribution in [1.82, 2.24) is 19.8 Å². The lowest BCUT2D eigenvalue weighted by molar-refractivity contribution is -0.124. The summed E-state index contributed by atoms with van der Waals surface area (Å²) in [6.45, 7) is 0.474. The second-order valence-corrected chi connectivity index (χ2v) is 16.7. The number of rotatable bonds is 14. The van der Waals surface area contributed by atoms with Crippen LogP contribution < -0.4 is 10.6 Å². The first-order valence-electron chi connectivity index (χ1n) is 15.6. The Morgan fingerprint density at radius 1 is 0.640 bits per heavy atom. The van der Waals surface area contributed by atoms with Crippen molar-refractivity contribution in [3.05, 3.63) is 104 Å². The molecule has 256 valence electrons. The van der Waals surface area contributed by atoms with E-state index in [0.717, 1.165) is 46.1 Å². The van der Waals surface area contributed by atoms with Crippen LogP contribution in [0.5, 0.6) is 0 Å². The molecule has 50 heavy (non-hydrogen) atoms. The van der Waals surface area contributed by atoms with Crippen LogP contribution in [0.25, 0.3) is 0 Å². The van der Waals surface area contributed by atoms with Crippen molar-refractivity contribution >= 4 is 113 Å². The highest BCUT2D eigenvalue weighted by Crippen LogP contribution is 2.42. The average Bonchev–Trinajstić information content (AvgIpc) is 3.86. The average molecular weight is 779 g/mol. The molecule has 0 radical (unpaired) electrons. The summed E-state index contributed by atoms with van der Waals surface area (Å²) in [7, 11) is 0. The van der Waals surface area contributed by atoms with Gasteiger partial charge in [-0.15, -0.1) is 22.7 Å². The zero-order valence-corrected chi connectivity index (χ0v) is 31.4. The van der Waals surface area contributed by atoms with Gasteiger partial charge in [-0.25, -0.2) is 9.97 Å². The molecule has 4 aromatic rings. The van der Waals surface area contributed by atoms with Crippen molar-refractivity contribution in [2.75, 3.05) is 23.7 Å². The molecule has 0 atom stereocenters. The summed E-state index contributed by atoms with van der Waals surface area (Å²) in [5.74, 6) is -1.16. The summed E-state index contributed by atoms with van der Waals surface area (Å²) in [5.41, 5.74) is 2.33. The number of aromatic nitrogens is 2. The molecule has 0 bridgehead atoms. The summed E-state index contributed by atoms with van der Waals surface area (Å²) >= 11 is 15.9. The van der Waals surface area contributed by atoms with Gasteiger partial charge in [-0.2, -0.15) is 0 Å². The molecule has 0 saturated carbocycles. The fourth-order valence-corrected chi connectivity index (χ4v) is 9.60. The van der Waals surface area contributed by atoms with Crippen LogP contribution in [-0.2, 0) is 32.0 Å². The summed E-state index contributed by atoms with van der Waals surface area (Å²) in [5, 5.41) is 6.72. The zero-order chi connectivity index (χ0) is 35.0. The summed E-state index contributed by atoms with van der Waals surface area (Å²) in [6, 6.07) is 20.1. The van der Waals surface area contributed by atoms with Crippen LogP contribution in [0.15, 0.2) is 82.9 Å². The molecule has 10 nitrogen and oxygen atoms in total. The number of carbonyl (C=O) groups excluding carboxylic acids is 4. The largest absolute Gasteiger partial charge is 0.302 e. The molecule has 4 amide bonds. The fourth-order valence-electron chi connectivity index (χ4n) is 5.10. The molecule has 2 N–H and O–H groups in total. The normalized spacial score (nSPS) is 16.1. The zero-order valence-electron chi connectivity index (χ0n) is 26.5. The van der Waals surface area contributed by atoms with Gasteiger partial charge in [-0.1, -0.05) is 109 Å². The lowest BCUT2D eigenvalue weighted by Gasteiger charge is -2.14. The van der Waals surface area contributed by atoms with Gasteiger partial charge in [0.2, 0.25) is 11.8 Å². The number of thioether (sulfide) groups is 2. The highest BCUT2D eigenvalue weighted by atomic mass is 32.2. The molecule has 2 aliphatic rings. The minimum absolute atomic E-state index is 0.174. The highest BCUT2D eigenvalue weighted by molar-refractivity contribution is 8.29. The first kappa shape index (κ1) is 36.0. The number of hydrogen-bond donors (Lipinski definition) is 2. The van der Waals surface area contributed by atoms with E-state index in [-0.39, 0.29) is 59.4 Å². The Morgan fingerprint density at radius 2 is 1.04 bits per heavy atom. The van der Waals surface area contributed by atoms with Gasteiger partial charge in [0.1, 0.15) is 8.64 Å². The maximum atomic E-state index is 13.3. The number of anilines is 2. The number of benzene rings is 2. The van der Waals surface area contributed by atoms with Crippen LogP contribution >= 0.6 is 70.6 Å². The summed E-state index contributed by atoms with van der Waals surface area (Å²) < 4.78 is 0.652. The highest BCUT2D eigenvalue weighted by Gasteiger charge is 2.41. The fraction of sp³-hybridized carbons (Fsp3) is 0.235. The topological polar surface area (TPSA) is 125 Å². The van der Waals surface area contributed by atoms with Crippen LogP contribution in [0.3, 0.4) is 0 Å². The van der Waals surface area contributed by atoms with E-state index in [1.807, 2.05) is 60.7 Å². The quantitative estimate of drug-likeness (QED) is 0.104. The Kier molecular flexibility index (Phi) is 12.2. The van der Waals surface area contributed by atoms with E-state index in [4.69, 9.17) is 24.4 Å². The molecule has 2 aliphatic heterocycles. The van der Waals surface area contributed by atoms with Gasteiger partial charge < -0.3 is 10.6 Å². The first-order valence-corrected chi connectivity index (χ1v) is 19.7. The number of amides is 4. The van der Waals surface area contributed by atoms with Gasteiger partial charge in [0, 0.05) is 60.9 Å². The predicted octanol–water partition coefficient (Wildman–Crippen LogP) is 6.85. The molecule has 2 aromatic heterocycles. The third-order valence-electron chi connectivity index (χ3n) is 7.52. The molecule has 2 saturated heterocycles. The van der Waals surface area contributed by atoms with Crippen molar-refractivity contribution in [1.29, 1.82) is 0 Å². The van der Waals surface area contributed by atoms with Crippen molar-refractivity contribution in [2.45, 2.75) is 38.5 Å². The van der Waals surface area contributed by atoms with Gasteiger partial charge >= 0.3 is 0 Å². The number of carbonyl (C=O) groups is 4. The first-order chi connectivity index (χ1) is 24.2. The predicted molar refractivity (Wildman–Crippen MR) is 209 cm³/mol. The van der Waals surface area contributed by atoms with Crippen LogP contribution in [0, 0.1) is 0 Å². The Labute approximate surface area is 316 Å². The number of hydrogen-bond acceptors (Lipinski definition) is 12. The van der Waals surface area contributed by atoms with Crippen molar-refractivity contribution < 1.29 is 19.2 Å². The number of thiocarbonyl (C=S) groups is 2. The third-order valence-corrected chi connectivity index (χ3v) is 12.4. The molecule has 0 spiro atoms. The maximum Gasteiger partial charge on any atom is 0.267 e. The van der Waals surface area contributed by atoms with Gasteiger partial charge in [-0.3, -0.25) is 29.0 Å². The molecule has 2 fully saturated rings. The lowest BCUT2D eigenvalue weighted by atomic mass is 10.1. The Bertz CT molecular complexity index is 1820. The second-order valence-electron chi connectivity index (χ2n) is 11.2. The van der Waals surface area contributed by atoms with Crippen molar-refractivity contribution in [3.8, 4) is 0 Å². The second kappa shape index (κ2) is 16.9. The molecule has 2 aromatic carbocycles. The lowest BCUT2D eigenvalue weighted by Crippen LogP contribution is -2.31. The molecular formula is C34H30N6O4S6. The standard InChI is InChI=1S/C34H30N6O4S6/c41-25(37-31-35-19-23(47-31)17-21-9-3-1-4-10-21)13-7-15-39-29(43)27(49-33(39)45)28-30(44)40(34(46)50-28)16-8-14-26(42)38-32-36-20-24(48-32)18-22-11-5-2-6-12-22/h1-6,9-12,19-20H,7-8,13-18H2,(H,35,37,41)(H,36,38,42)/b28-27+. The molecule has 0 aliphatic carbocycles. The third kappa shape index (κ3) is 9.30. The Morgan fingerprint density at radius 3 is 1.44 bits per heavy atom. The molecular weight excluding hydrogens is 749 g/mol. The molecule has 0 unspecified atom stereocenters. The van der Waals surface area contributed by atoms with Gasteiger partial charge in [-0.05, 0) is 24.0 Å². The molecule has 6 rings (SSSR count). The van der Waals surface area contributed by atoms with Crippen LogP contribution in [0.4, 0.5) is 10.3 Å². The number of nitrogens with zero attached hydrogens (tertiary/aromatic N) is 4. The van der Waals surface area contributed by atoms with Crippen molar-refractivity contribution in [3.63, 3.8) is 0 Å².